The van der Waals surface area contributed by atoms with Crippen LogP contribution in [0.4, 0.5) is 0 Å². The number of rotatable bonds is 11. The topological polar surface area (TPSA) is 61.8 Å². The molecule has 1 aromatic rings. The predicted octanol–water partition coefficient (Wildman–Crippen LogP) is 3.62. The van der Waals surface area contributed by atoms with Crippen molar-refractivity contribution in [3.8, 4) is 0 Å². The number of methoxy groups -OCH3 is 1. The molecule has 0 aliphatic heterocycles. The average Bonchev–Trinajstić information content (AvgIpc) is 2.58. The van der Waals surface area contributed by atoms with Crippen molar-refractivity contribution >= 4 is 11.8 Å². The number of hydrogen-bond donors (Lipinski definition) is 0. The zero-order valence-electron chi connectivity index (χ0n) is 14.2. The molecule has 1 aromatic carbocycles. The zero-order valence-corrected chi connectivity index (χ0v) is 14.2. The minimum Gasteiger partial charge on any atom is -0.465 e. The minimum absolute atomic E-state index is 0.0748. The third kappa shape index (κ3) is 6.93. The largest absolute Gasteiger partial charge is 0.465 e. The van der Waals surface area contributed by atoms with Crippen LogP contribution >= 0.6 is 0 Å². The van der Waals surface area contributed by atoms with E-state index in [9.17, 15) is 9.59 Å². The van der Waals surface area contributed by atoms with Gasteiger partial charge in [-0.2, -0.15) is 0 Å². The quantitative estimate of drug-likeness (QED) is 0.269. The van der Waals surface area contributed by atoms with Crippen molar-refractivity contribution in [1.82, 2.24) is 0 Å². The van der Waals surface area contributed by atoms with Crippen molar-refractivity contribution < 1.29 is 23.8 Å². The molecule has 0 N–H and O–H groups in total. The second-order valence-electron chi connectivity index (χ2n) is 5.08. The molecule has 0 aliphatic carbocycles. The van der Waals surface area contributed by atoms with E-state index >= 15 is 0 Å². The van der Waals surface area contributed by atoms with Gasteiger partial charge in [-0.25, -0.2) is 4.79 Å². The van der Waals surface area contributed by atoms with E-state index in [1.54, 1.807) is 24.3 Å². The van der Waals surface area contributed by atoms with Crippen LogP contribution in [-0.4, -0.2) is 38.4 Å². The zero-order chi connectivity index (χ0) is 17.1. The molecule has 5 heteroatoms. The number of carbonyl (C=O) groups is 2. The lowest BCUT2D eigenvalue weighted by atomic mass is 10.0. The molecule has 0 aromatic heterocycles. The second kappa shape index (κ2) is 10.9. The summed E-state index contributed by atoms with van der Waals surface area (Å²) in [5.41, 5.74) is 1.06. The first kappa shape index (κ1) is 19.3. The van der Waals surface area contributed by atoms with Crippen LogP contribution in [0.2, 0.25) is 0 Å². The molecular formula is C18H26O5. The predicted molar refractivity (Wildman–Crippen MR) is 87.6 cm³/mol. The standard InChI is InChI=1S/C18H26O5/c1-4-22-17(23-5-2)9-7-6-8-16(19)14-10-12-15(13-11-14)18(20)21-3/h10-13,17H,4-9H2,1-3H3. The third-order valence-electron chi connectivity index (χ3n) is 3.43. The Morgan fingerprint density at radius 2 is 1.52 bits per heavy atom. The van der Waals surface area contributed by atoms with Gasteiger partial charge >= 0.3 is 5.97 Å². The summed E-state index contributed by atoms with van der Waals surface area (Å²) in [6.45, 7) is 5.12. The highest BCUT2D eigenvalue weighted by molar-refractivity contribution is 5.97. The van der Waals surface area contributed by atoms with Crippen molar-refractivity contribution in [1.29, 1.82) is 0 Å². The monoisotopic (exact) mass is 322 g/mol. The highest BCUT2D eigenvalue weighted by Gasteiger charge is 2.11. The van der Waals surface area contributed by atoms with E-state index in [0.717, 1.165) is 19.3 Å². The number of ketones is 1. The average molecular weight is 322 g/mol. The van der Waals surface area contributed by atoms with Crippen LogP contribution in [0, 0.1) is 0 Å². The molecule has 23 heavy (non-hydrogen) atoms. The Bertz CT molecular complexity index is 475. The van der Waals surface area contributed by atoms with Crippen LogP contribution in [0.1, 0.15) is 60.2 Å². The van der Waals surface area contributed by atoms with E-state index in [0.29, 0.717) is 30.8 Å². The number of esters is 1. The first-order chi connectivity index (χ1) is 11.1. The summed E-state index contributed by atoms with van der Waals surface area (Å²) in [7, 11) is 1.33. The van der Waals surface area contributed by atoms with E-state index in [1.807, 2.05) is 13.8 Å². The normalized spacial score (nSPS) is 10.8. The Morgan fingerprint density at radius 1 is 0.957 bits per heavy atom. The van der Waals surface area contributed by atoms with Crippen molar-refractivity contribution in [2.24, 2.45) is 0 Å². The molecule has 0 unspecified atom stereocenters. The Labute approximate surface area is 137 Å². The highest BCUT2D eigenvalue weighted by atomic mass is 16.7. The van der Waals surface area contributed by atoms with Gasteiger partial charge in [0.25, 0.3) is 0 Å². The summed E-state index contributed by atoms with van der Waals surface area (Å²) in [6, 6.07) is 6.55. The summed E-state index contributed by atoms with van der Waals surface area (Å²) in [5, 5.41) is 0. The fraction of sp³-hybridized carbons (Fsp3) is 0.556. The lowest BCUT2D eigenvalue weighted by Crippen LogP contribution is -2.17. The lowest BCUT2D eigenvalue weighted by molar-refractivity contribution is -0.140. The molecule has 0 bridgehead atoms. The molecule has 0 fully saturated rings. The molecule has 0 aliphatic rings. The molecule has 0 radical (unpaired) electrons. The number of Topliss-reactive ketones (excluding diaryl/α,β-unsaturated/α-hetero) is 1. The van der Waals surface area contributed by atoms with Crippen LogP contribution in [-0.2, 0) is 14.2 Å². The van der Waals surface area contributed by atoms with Gasteiger partial charge in [0.1, 0.15) is 0 Å². The van der Waals surface area contributed by atoms with Crippen LogP contribution in [0.15, 0.2) is 24.3 Å². The third-order valence-corrected chi connectivity index (χ3v) is 3.43. The van der Waals surface area contributed by atoms with Gasteiger partial charge in [0, 0.05) is 25.2 Å². The van der Waals surface area contributed by atoms with Crippen molar-refractivity contribution in [2.75, 3.05) is 20.3 Å². The summed E-state index contributed by atoms with van der Waals surface area (Å²) < 4.78 is 15.6. The maximum atomic E-state index is 12.1. The first-order valence-electron chi connectivity index (χ1n) is 8.07. The van der Waals surface area contributed by atoms with E-state index in [-0.39, 0.29) is 12.1 Å². The summed E-state index contributed by atoms with van der Waals surface area (Å²) in [4.78, 5) is 23.5. The van der Waals surface area contributed by atoms with Gasteiger partial charge in [0.15, 0.2) is 12.1 Å². The Kier molecular flexibility index (Phi) is 9.17. The fourth-order valence-corrected chi connectivity index (χ4v) is 2.24. The minimum atomic E-state index is -0.401. The molecular weight excluding hydrogens is 296 g/mol. The molecule has 0 spiro atoms. The number of hydrogen-bond acceptors (Lipinski definition) is 5. The van der Waals surface area contributed by atoms with Gasteiger partial charge in [-0.1, -0.05) is 12.1 Å². The maximum Gasteiger partial charge on any atom is 0.337 e. The second-order valence-corrected chi connectivity index (χ2v) is 5.08. The smallest absolute Gasteiger partial charge is 0.337 e. The van der Waals surface area contributed by atoms with Gasteiger partial charge in [-0.15, -0.1) is 0 Å². The fourth-order valence-electron chi connectivity index (χ4n) is 2.24. The number of carbonyl (C=O) groups excluding carboxylic acids is 2. The summed E-state index contributed by atoms with van der Waals surface area (Å²) in [6.07, 6.45) is 2.74. The molecule has 0 saturated heterocycles. The van der Waals surface area contributed by atoms with Crippen LogP contribution in [0.3, 0.4) is 0 Å². The molecule has 0 amide bonds. The number of unbranched alkanes of at least 4 members (excludes halogenated alkanes) is 1. The van der Waals surface area contributed by atoms with Crippen LogP contribution in [0.25, 0.3) is 0 Å². The Morgan fingerprint density at radius 3 is 2.04 bits per heavy atom. The van der Waals surface area contributed by atoms with Gasteiger partial charge in [0.05, 0.1) is 12.7 Å². The SMILES string of the molecule is CCOC(CCCCC(=O)c1ccc(C(=O)OC)cc1)OCC. The van der Waals surface area contributed by atoms with Gasteiger partial charge in [-0.3, -0.25) is 4.79 Å². The maximum absolute atomic E-state index is 12.1. The first-order valence-corrected chi connectivity index (χ1v) is 8.07. The van der Waals surface area contributed by atoms with E-state index < -0.39 is 5.97 Å². The molecule has 0 saturated carbocycles. The molecule has 0 heterocycles. The van der Waals surface area contributed by atoms with Gasteiger partial charge in [-0.05, 0) is 45.2 Å². The molecule has 0 atom stereocenters. The Balaban J connectivity index is 2.37. The van der Waals surface area contributed by atoms with Crippen molar-refractivity contribution in [3.63, 3.8) is 0 Å². The highest BCUT2D eigenvalue weighted by Crippen LogP contribution is 2.13. The summed E-state index contributed by atoms with van der Waals surface area (Å²) in [5.74, 6) is -0.326. The van der Waals surface area contributed by atoms with E-state index in [2.05, 4.69) is 4.74 Å². The van der Waals surface area contributed by atoms with Gasteiger partial charge < -0.3 is 14.2 Å². The molecule has 1 rings (SSSR count). The van der Waals surface area contributed by atoms with Crippen LogP contribution in [0.5, 0.6) is 0 Å². The Hall–Kier alpha value is -1.72. The van der Waals surface area contributed by atoms with Crippen LogP contribution < -0.4 is 0 Å². The van der Waals surface area contributed by atoms with Crippen molar-refractivity contribution in [2.45, 2.75) is 45.8 Å². The van der Waals surface area contributed by atoms with Gasteiger partial charge in [0.2, 0.25) is 0 Å². The molecule has 5 nitrogen and oxygen atoms in total. The summed E-state index contributed by atoms with van der Waals surface area (Å²) >= 11 is 0. The van der Waals surface area contributed by atoms with E-state index in [4.69, 9.17) is 9.47 Å². The number of ether oxygens (including phenoxy) is 3. The lowest BCUT2D eigenvalue weighted by Gasteiger charge is -2.16. The van der Waals surface area contributed by atoms with E-state index in [1.165, 1.54) is 7.11 Å². The number of benzene rings is 1. The molecule has 128 valence electrons. The van der Waals surface area contributed by atoms with Crippen molar-refractivity contribution in [3.05, 3.63) is 35.4 Å².